The zero-order valence-corrected chi connectivity index (χ0v) is 10.7. The van der Waals surface area contributed by atoms with Crippen LogP contribution in [0.15, 0.2) is 0 Å². The van der Waals surface area contributed by atoms with Gasteiger partial charge in [0.1, 0.15) is 6.04 Å². The maximum atomic E-state index is 10.1. The lowest BCUT2D eigenvalue weighted by atomic mass is 10.2. The number of hydrogen-bond acceptors (Lipinski definition) is 5. The normalized spacial score (nSPS) is 25.8. The fraction of sp³-hybridized carbons (Fsp3) is 0.900. The van der Waals surface area contributed by atoms with Gasteiger partial charge in [0.25, 0.3) is 0 Å². The third-order valence-corrected chi connectivity index (χ3v) is 2.92. The Bertz CT molecular complexity index is 197. The van der Waals surface area contributed by atoms with E-state index in [2.05, 4.69) is 12.2 Å². The smallest absolute Gasteiger partial charge is 0.320 e. The summed E-state index contributed by atoms with van der Waals surface area (Å²) in [5.74, 6) is -0.1000. The third-order valence-electron chi connectivity index (χ3n) is 2.28. The van der Waals surface area contributed by atoms with Gasteiger partial charge in [-0.05, 0) is 31.8 Å². The van der Waals surface area contributed by atoms with Gasteiger partial charge in [-0.3, -0.25) is 4.79 Å². The molecule has 3 atom stereocenters. The van der Waals surface area contributed by atoms with Crippen LogP contribution in [0.3, 0.4) is 0 Å². The number of carbonyl (C=O) groups is 1. The molecule has 0 radical (unpaired) electrons. The molecule has 0 spiro atoms. The molecule has 1 fully saturated rings. The Morgan fingerprint density at radius 1 is 1.69 bits per heavy atom. The standard InChI is InChI=1S/C5H11NO2S.C5H11NO/c1-9-3-2-4(6)5(7)8;1-4-2-5(7)3-6-4/h4H,2-3,6H2,1H3,(H,7,8);4-7H,2-3H2,1H3/t4-;/m0./s1. The predicted molar refractivity (Wildman–Crippen MR) is 66.7 cm³/mol. The lowest BCUT2D eigenvalue weighted by Crippen LogP contribution is -2.30. The first-order valence-electron chi connectivity index (χ1n) is 5.36. The molecule has 5 nitrogen and oxygen atoms in total. The van der Waals surface area contributed by atoms with Crippen molar-refractivity contribution >= 4 is 17.7 Å². The molecule has 1 saturated heterocycles. The summed E-state index contributed by atoms with van der Waals surface area (Å²) < 4.78 is 0. The van der Waals surface area contributed by atoms with Crippen molar-refractivity contribution in [3.8, 4) is 0 Å². The summed E-state index contributed by atoms with van der Waals surface area (Å²) >= 11 is 1.60. The van der Waals surface area contributed by atoms with E-state index in [1.165, 1.54) is 0 Å². The van der Waals surface area contributed by atoms with E-state index in [9.17, 15) is 4.79 Å². The fourth-order valence-corrected chi connectivity index (χ4v) is 1.77. The Labute approximate surface area is 101 Å². The Morgan fingerprint density at radius 2 is 2.31 bits per heavy atom. The van der Waals surface area contributed by atoms with E-state index < -0.39 is 12.0 Å². The van der Waals surface area contributed by atoms with Crippen molar-refractivity contribution in [3.05, 3.63) is 0 Å². The molecule has 16 heavy (non-hydrogen) atoms. The summed E-state index contributed by atoms with van der Waals surface area (Å²) in [7, 11) is 0. The molecule has 2 unspecified atom stereocenters. The zero-order chi connectivity index (χ0) is 12.6. The number of nitrogens with one attached hydrogen (secondary N) is 1. The van der Waals surface area contributed by atoms with E-state index in [0.29, 0.717) is 12.5 Å². The number of carboxylic acid groups (broad SMARTS) is 1. The SMILES string of the molecule is CC1CC(O)CN1.CSCC[C@H](N)C(=O)O. The lowest BCUT2D eigenvalue weighted by molar-refractivity contribution is -0.138. The molecule has 0 saturated carbocycles. The number of hydrogen-bond donors (Lipinski definition) is 4. The van der Waals surface area contributed by atoms with E-state index in [1.54, 1.807) is 11.8 Å². The Balaban J connectivity index is 0.000000288. The van der Waals surface area contributed by atoms with Gasteiger partial charge in [-0.15, -0.1) is 0 Å². The van der Waals surface area contributed by atoms with Crippen LogP contribution in [0, 0.1) is 0 Å². The zero-order valence-electron chi connectivity index (χ0n) is 9.85. The second-order valence-electron chi connectivity index (χ2n) is 3.93. The molecular formula is C10H22N2O3S. The van der Waals surface area contributed by atoms with E-state index in [4.69, 9.17) is 15.9 Å². The highest BCUT2D eigenvalue weighted by Gasteiger charge is 2.16. The topological polar surface area (TPSA) is 95.6 Å². The van der Waals surface area contributed by atoms with Crippen LogP contribution in [0.1, 0.15) is 19.8 Å². The summed E-state index contributed by atoms with van der Waals surface area (Å²) in [5.41, 5.74) is 5.19. The monoisotopic (exact) mass is 250 g/mol. The first kappa shape index (κ1) is 15.7. The minimum absolute atomic E-state index is 0.0880. The van der Waals surface area contributed by atoms with Gasteiger partial charge in [0.15, 0.2) is 0 Å². The number of β-amino-alcohol motifs (C(OH)–C–C–N with tert-alkyl or cyclic N) is 1. The average Bonchev–Trinajstić information content (AvgIpc) is 2.59. The van der Waals surface area contributed by atoms with Crippen LogP contribution in [-0.2, 0) is 4.79 Å². The van der Waals surface area contributed by atoms with Gasteiger partial charge in [0, 0.05) is 12.6 Å². The molecule has 1 heterocycles. The fourth-order valence-electron chi connectivity index (χ4n) is 1.28. The van der Waals surface area contributed by atoms with Crippen molar-refractivity contribution in [2.24, 2.45) is 5.73 Å². The first-order chi connectivity index (χ1) is 7.47. The average molecular weight is 250 g/mol. The molecule has 5 N–H and O–H groups in total. The van der Waals surface area contributed by atoms with E-state index >= 15 is 0 Å². The highest BCUT2D eigenvalue weighted by atomic mass is 32.2. The molecule has 1 aliphatic heterocycles. The summed E-state index contributed by atoms with van der Waals surface area (Å²) in [6, 6.07) is -0.160. The molecular weight excluding hydrogens is 228 g/mol. The first-order valence-corrected chi connectivity index (χ1v) is 6.75. The molecule has 1 rings (SSSR count). The molecule has 0 bridgehead atoms. The number of carboxylic acids is 1. The Kier molecular flexibility index (Phi) is 8.64. The summed E-state index contributed by atoms with van der Waals surface area (Å²) in [6.45, 7) is 2.86. The van der Waals surface area contributed by atoms with Gasteiger partial charge >= 0.3 is 5.97 Å². The number of aliphatic hydroxyl groups is 1. The van der Waals surface area contributed by atoms with Crippen molar-refractivity contribution in [2.75, 3.05) is 18.6 Å². The number of thioether (sulfide) groups is 1. The third kappa shape index (κ3) is 7.92. The maximum absolute atomic E-state index is 10.1. The van der Waals surface area contributed by atoms with Crippen molar-refractivity contribution < 1.29 is 15.0 Å². The Hall–Kier alpha value is -0.300. The van der Waals surface area contributed by atoms with Crippen LogP contribution < -0.4 is 11.1 Å². The number of aliphatic hydroxyl groups excluding tert-OH is 1. The molecule has 0 aliphatic carbocycles. The number of rotatable bonds is 4. The number of aliphatic carboxylic acids is 1. The molecule has 6 heteroatoms. The van der Waals surface area contributed by atoms with Gasteiger partial charge in [0.05, 0.1) is 6.10 Å². The maximum Gasteiger partial charge on any atom is 0.320 e. The minimum Gasteiger partial charge on any atom is -0.480 e. The van der Waals surface area contributed by atoms with Crippen LogP contribution in [0.2, 0.25) is 0 Å². The van der Waals surface area contributed by atoms with Gasteiger partial charge < -0.3 is 21.3 Å². The van der Waals surface area contributed by atoms with Gasteiger partial charge in [0.2, 0.25) is 0 Å². The van der Waals surface area contributed by atoms with Crippen LogP contribution >= 0.6 is 11.8 Å². The molecule has 0 aromatic rings. The predicted octanol–water partition coefficient (Wildman–Crippen LogP) is -0.119. The van der Waals surface area contributed by atoms with E-state index in [1.807, 2.05) is 6.26 Å². The minimum atomic E-state index is -0.913. The highest BCUT2D eigenvalue weighted by Crippen LogP contribution is 2.03. The van der Waals surface area contributed by atoms with Crippen molar-refractivity contribution in [1.82, 2.24) is 5.32 Å². The number of nitrogens with two attached hydrogens (primary N) is 1. The van der Waals surface area contributed by atoms with Crippen LogP contribution in [0.5, 0.6) is 0 Å². The Morgan fingerprint density at radius 3 is 2.56 bits per heavy atom. The van der Waals surface area contributed by atoms with Crippen LogP contribution in [-0.4, -0.2) is 52.9 Å². The van der Waals surface area contributed by atoms with E-state index in [-0.39, 0.29) is 6.10 Å². The molecule has 96 valence electrons. The quantitative estimate of drug-likeness (QED) is 0.555. The van der Waals surface area contributed by atoms with Gasteiger partial charge in [-0.1, -0.05) is 0 Å². The summed E-state index contributed by atoms with van der Waals surface area (Å²) in [6.07, 6.45) is 3.31. The van der Waals surface area contributed by atoms with Crippen molar-refractivity contribution in [2.45, 2.75) is 38.0 Å². The summed E-state index contributed by atoms with van der Waals surface area (Å²) in [5, 5.41) is 20.2. The molecule has 0 aromatic heterocycles. The largest absolute Gasteiger partial charge is 0.480 e. The van der Waals surface area contributed by atoms with Gasteiger partial charge in [-0.2, -0.15) is 11.8 Å². The highest BCUT2D eigenvalue weighted by molar-refractivity contribution is 7.98. The van der Waals surface area contributed by atoms with Crippen molar-refractivity contribution in [3.63, 3.8) is 0 Å². The van der Waals surface area contributed by atoms with Crippen molar-refractivity contribution in [1.29, 1.82) is 0 Å². The van der Waals surface area contributed by atoms with E-state index in [0.717, 1.165) is 18.7 Å². The molecule has 0 amide bonds. The van der Waals surface area contributed by atoms with Crippen LogP contribution in [0.4, 0.5) is 0 Å². The lowest BCUT2D eigenvalue weighted by Gasteiger charge is -2.02. The second kappa shape index (κ2) is 8.81. The van der Waals surface area contributed by atoms with Gasteiger partial charge in [-0.25, -0.2) is 0 Å². The molecule has 1 aliphatic rings. The van der Waals surface area contributed by atoms with Crippen LogP contribution in [0.25, 0.3) is 0 Å². The second-order valence-corrected chi connectivity index (χ2v) is 4.91. The molecule has 0 aromatic carbocycles. The summed E-state index contributed by atoms with van der Waals surface area (Å²) in [4.78, 5) is 10.1.